The second-order valence-corrected chi connectivity index (χ2v) is 22.8. The monoisotopic (exact) mass is 1020 g/mol. The zero-order chi connectivity index (χ0) is 52.2. The highest BCUT2D eigenvalue weighted by molar-refractivity contribution is 5.76. The Morgan fingerprint density at radius 1 is 0.375 bits per heavy atom. The van der Waals surface area contributed by atoms with Gasteiger partial charge >= 0.3 is 5.97 Å². The summed E-state index contributed by atoms with van der Waals surface area (Å²) in [5.74, 6) is -0.0223. The van der Waals surface area contributed by atoms with Crippen molar-refractivity contribution in [1.29, 1.82) is 0 Å². The molecule has 0 heterocycles. The molecule has 72 heavy (non-hydrogen) atoms. The number of amides is 1. The van der Waals surface area contributed by atoms with Crippen molar-refractivity contribution in [1.82, 2.24) is 5.32 Å². The largest absolute Gasteiger partial charge is 0.466 e. The van der Waals surface area contributed by atoms with Crippen molar-refractivity contribution in [3.63, 3.8) is 0 Å². The minimum absolute atomic E-state index is 0.0171. The number of carbonyl (C=O) groups excluding carboxylic acids is 2. The first-order chi connectivity index (χ1) is 35.5. The van der Waals surface area contributed by atoms with Crippen LogP contribution in [-0.2, 0) is 14.3 Å². The molecule has 0 rings (SSSR count). The molecule has 0 aromatic rings. The molecule has 3 N–H and O–H groups in total. The smallest absolute Gasteiger partial charge is 0.305 e. The van der Waals surface area contributed by atoms with Gasteiger partial charge < -0.3 is 20.3 Å². The lowest BCUT2D eigenvalue weighted by Gasteiger charge is -2.22. The van der Waals surface area contributed by atoms with E-state index in [9.17, 15) is 19.8 Å². The first kappa shape index (κ1) is 70.6. The molecule has 0 saturated carbocycles. The zero-order valence-electron chi connectivity index (χ0n) is 48.9. The van der Waals surface area contributed by atoms with Crippen molar-refractivity contribution < 1.29 is 24.5 Å². The van der Waals surface area contributed by atoms with Gasteiger partial charge in [-0.25, -0.2) is 0 Å². The van der Waals surface area contributed by atoms with Gasteiger partial charge in [0.2, 0.25) is 5.91 Å². The number of aliphatic hydroxyl groups excluding tert-OH is 2. The molecule has 0 saturated heterocycles. The fraction of sp³-hybridized carbons (Fsp3) is 0.939. The van der Waals surface area contributed by atoms with E-state index in [1.54, 1.807) is 0 Å². The molecule has 2 unspecified atom stereocenters. The Hall–Kier alpha value is -1.40. The number of carbonyl (C=O) groups is 2. The van der Waals surface area contributed by atoms with Gasteiger partial charge in [0.25, 0.3) is 0 Å². The molecule has 1 amide bonds. The molecule has 0 radical (unpaired) electrons. The average Bonchev–Trinajstić information content (AvgIpc) is 3.38. The predicted molar refractivity (Wildman–Crippen MR) is 315 cm³/mol. The van der Waals surface area contributed by atoms with Crippen LogP contribution in [0, 0.1) is 0 Å². The van der Waals surface area contributed by atoms with Crippen LogP contribution in [0.5, 0.6) is 0 Å². The number of rotatable bonds is 62. The summed E-state index contributed by atoms with van der Waals surface area (Å²) < 4.78 is 5.51. The summed E-state index contributed by atoms with van der Waals surface area (Å²) in [4.78, 5) is 24.6. The predicted octanol–water partition coefficient (Wildman–Crippen LogP) is 20.8. The number of nitrogens with one attached hydrogen (secondary N) is 1. The van der Waals surface area contributed by atoms with Crippen molar-refractivity contribution in [2.75, 3.05) is 13.2 Å². The van der Waals surface area contributed by atoms with Crippen molar-refractivity contribution in [2.45, 2.75) is 386 Å². The molecule has 428 valence electrons. The molecule has 6 nitrogen and oxygen atoms in total. The van der Waals surface area contributed by atoms with Gasteiger partial charge in [0, 0.05) is 12.8 Å². The lowest BCUT2D eigenvalue weighted by molar-refractivity contribution is -0.143. The summed E-state index contributed by atoms with van der Waals surface area (Å²) >= 11 is 0. The molecule has 0 bridgehead atoms. The second-order valence-electron chi connectivity index (χ2n) is 22.8. The van der Waals surface area contributed by atoms with E-state index in [1.165, 1.54) is 302 Å². The van der Waals surface area contributed by atoms with Crippen LogP contribution < -0.4 is 5.32 Å². The quantitative estimate of drug-likeness (QED) is 0.0320. The SMILES string of the molecule is CCCCCCCCCCCCCCCCCCCCCC(=O)OCCCCCCCCCCCCCC/C=C\CCCCCCCCCC(=O)NC(CO)C(O)CCCCCCCCCCCCCCC. The topological polar surface area (TPSA) is 95.9 Å². The highest BCUT2D eigenvalue weighted by Gasteiger charge is 2.20. The van der Waals surface area contributed by atoms with Gasteiger partial charge in [-0.2, -0.15) is 0 Å². The zero-order valence-corrected chi connectivity index (χ0v) is 48.9. The number of unbranched alkanes of at least 4 members (excludes halogenated alkanes) is 49. The fourth-order valence-electron chi connectivity index (χ4n) is 10.5. The summed E-state index contributed by atoms with van der Waals surface area (Å²) in [7, 11) is 0. The third-order valence-corrected chi connectivity index (χ3v) is 15.6. The van der Waals surface area contributed by atoms with Crippen molar-refractivity contribution in [3.8, 4) is 0 Å². The van der Waals surface area contributed by atoms with Gasteiger partial charge in [-0.15, -0.1) is 0 Å². The van der Waals surface area contributed by atoms with Crippen LogP contribution in [-0.4, -0.2) is 47.4 Å². The van der Waals surface area contributed by atoms with Gasteiger partial charge in [0.15, 0.2) is 0 Å². The lowest BCUT2D eigenvalue weighted by Crippen LogP contribution is -2.45. The number of aliphatic hydroxyl groups is 2. The van der Waals surface area contributed by atoms with Crippen molar-refractivity contribution >= 4 is 11.9 Å². The highest BCUT2D eigenvalue weighted by atomic mass is 16.5. The molecule has 6 heteroatoms. The van der Waals surface area contributed by atoms with E-state index in [0.29, 0.717) is 25.9 Å². The molecule has 0 spiro atoms. The van der Waals surface area contributed by atoms with Crippen LogP contribution in [0.1, 0.15) is 373 Å². The molecule has 0 aliphatic carbocycles. The van der Waals surface area contributed by atoms with Crippen LogP contribution in [0.4, 0.5) is 0 Å². The van der Waals surface area contributed by atoms with Crippen molar-refractivity contribution in [2.24, 2.45) is 0 Å². The molecule has 0 fully saturated rings. The first-order valence-electron chi connectivity index (χ1n) is 32.9. The maximum atomic E-state index is 12.5. The van der Waals surface area contributed by atoms with Gasteiger partial charge in [-0.1, -0.05) is 321 Å². The van der Waals surface area contributed by atoms with Gasteiger partial charge in [-0.05, 0) is 51.4 Å². The highest BCUT2D eigenvalue weighted by Crippen LogP contribution is 2.18. The Balaban J connectivity index is 3.36. The molecular formula is C66H129NO5. The minimum atomic E-state index is -0.667. The van der Waals surface area contributed by atoms with Crippen LogP contribution in [0.15, 0.2) is 12.2 Å². The normalized spacial score (nSPS) is 12.6. The summed E-state index contributed by atoms with van der Waals surface area (Å²) in [5, 5.41) is 23.3. The number of hydrogen-bond donors (Lipinski definition) is 3. The molecular weight excluding hydrogens is 887 g/mol. The summed E-state index contributed by atoms with van der Waals surface area (Å²) in [5.41, 5.74) is 0. The molecule has 0 aliphatic heterocycles. The Kier molecular flexibility index (Phi) is 60.9. The third-order valence-electron chi connectivity index (χ3n) is 15.6. The van der Waals surface area contributed by atoms with Gasteiger partial charge in [0.05, 0.1) is 25.4 Å². The van der Waals surface area contributed by atoms with E-state index in [-0.39, 0.29) is 18.5 Å². The summed E-state index contributed by atoms with van der Waals surface area (Å²) in [6.07, 6.45) is 75.2. The van der Waals surface area contributed by atoms with E-state index < -0.39 is 12.1 Å². The molecule has 2 atom stereocenters. The lowest BCUT2D eigenvalue weighted by atomic mass is 10.0. The van der Waals surface area contributed by atoms with E-state index in [4.69, 9.17) is 4.74 Å². The minimum Gasteiger partial charge on any atom is -0.466 e. The number of hydrogen-bond acceptors (Lipinski definition) is 5. The summed E-state index contributed by atoms with van der Waals surface area (Å²) in [6, 6.07) is -0.545. The molecule has 0 aliphatic rings. The van der Waals surface area contributed by atoms with E-state index in [1.807, 2.05) is 0 Å². The fourth-order valence-corrected chi connectivity index (χ4v) is 10.5. The Morgan fingerprint density at radius 2 is 0.653 bits per heavy atom. The molecule has 0 aromatic heterocycles. The van der Waals surface area contributed by atoms with Crippen LogP contribution in [0.2, 0.25) is 0 Å². The number of ether oxygens (including phenoxy) is 1. The average molecular weight is 1020 g/mol. The first-order valence-corrected chi connectivity index (χ1v) is 32.9. The van der Waals surface area contributed by atoms with Crippen molar-refractivity contribution in [3.05, 3.63) is 12.2 Å². The van der Waals surface area contributed by atoms with Crippen LogP contribution in [0.25, 0.3) is 0 Å². The van der Waals surface area contributed by atoms with E-state index >= 15 is 0 Å². The number of allylic oxidation sites excluding steroid dienone is 2. The maximum absolute atomic E-state index is 12.5. The second kappa shape index (κ2) is 62.1. The van der Waals surface area contributed by atoms with Crippen LogP contribution >= 0.6 is 0 Å². The third kappa shape index (κ3) is 57.9. The Bertz CT molecular complexity index is 1080. The van der Waals surface area contributed by atoms with E-state index in [2.05, 4.69) is 31.3 Å². The number of esters is 1. The van der Waals surface area contributed by atoms with Crippen LogP contribution in [0.3, 0.4) is 0 Å². The Morgan fingerprint density at radius 3 is 0.986 bits per heavy atom. The standard InChI is InChI=1S/C66H129NO5/c1-3-5-7-9-11-13-15-17-18-19-25-29-32-36-40-44-48-52-56-60-66(71)72-61-57-53-49-45-41-37-33-30-27-24-22-20-21-23-26-28-31-35-39-43-47-51-55-59-65(70)67-63(62-68)64(69)58-54-50-46-42-38-34-16-14-12-10-8-6-4-2/h23,26,63-64,68-69H,3-22,24-25,27-62H2,1-2H3,(H,67,70)/b26-23-. The summed E-state index contributed by atoms with van der Waals surface area (Å²) in [6.45, 7) is 4.98. The molecule has 0 aromatic carbocycles. The van der Waals surface area contributed by atoms with Gasteiger partial charge in [-0.3, -0.25) is 9.59 Å². The van der Waals surface area contributed by atoms with E-state index in [0.717, 1.165) is 38.5 Å². The Labute approximate surface area is 450 Å². The maximum Gasteiger partial charge on any atom is 0.305 e. The van der Waals surface area contributed by atoms with Gasteiger partial charge in [0.1, 0.15) is 0 Å².